The van der Waals surface area contributed by atoms with Crippen LogP contribution in [0.4, 0.5) is 5.13 Å². The number of carbonyl (C=O) groups excluding carboxylic acids is 1. The molecule has 2 aliphatic rings. The van der Waals surface area contributed by atoms with Gasteiger partial charge >= 0.3 is 0 Å². The molecule has 2 aliphatic carbocycles. The zero-order chi connectivity index (χ0) is 20.7. The Bertz CT molecular complexity index is 1130. The second-order valence-corrected chi connectivity index (χ2v) is 10.9. The van der Waals surface area contributed by atoms with Crippen molar-refractivity contribution in [1.82, 2.24) is 14.5 Å². The Morgan fingerprint density at radius 1 is 1.27 bits per heavy atom. The highest BCUT2D eigenvalue weighted by Crippen LogP contribution is 2.37. The Hall–Kier alpha value is -1.71. The molecule has 0 N–H and O–H groups in total. The van der Waals surface area contributed by atoms with Crippen LogP contribution in [0.5, 0.6) is 0 Å². The molecule has 30 heavy (non-hydrogen) atoms. The number of thiophene rings is 1. The lowest BCUT2D eigenvalue weighted by atomic mass is 9.97. The topological polar surface area (TPSA) is 68.1 Å². The van der Waals surface area contributed by atoms with Gasteiger partial charge in [-0.15, -0.1) is 22.7 Å². The van der Waals surface area contributed by atoms with Gasteiger partial charge in [-0.2, -0.15) is 0 Å². The molecule has 0 atom stereocenters. The molecule has 0 aromatic carbocycles. The molecule has 1 saturated carbocycles. The van der Waals surface area contributed by atoms with Gasteiger partial charge in [-0.05, 0) is 44.1 Å². The first-order valence-electron chi connectivity index (χ1n) is 10.5. The Morgan fingerprint density at radius 3 is 2.83 bits per heavy atom. The standard InChI is InChI=1S/C21H24N4O2S3/c1-24(20-22-10-11-28-20)16(26)12-29-21-23-18-17(14-8-4-5-9-15(14)30-18)19(27)25(21)13-6-2-3-7-13/h10-11,13H,2-9,12H2,1H3. The number of thiazole rings is 1. The molecule has 3 heterocycles. The molecule has 5 rings (SSSR count). The molecule has 6 nitrogen and oxygen atoms in total. The Kier molecular flexibility index (Phi) is 5.68. The molecule has 3 aromatic heterocycles. The average Bonchev–Trinajstić information content (AvgIpc) is 3.51. The van der Waals surface area contributed by atoms with Crippen molar-refractivity contribution in [1.29, 1.82) is 0 Å². The monoisotopic (exact) mass is 460 g/mol. The van der Waals surface area contributed by atoms with E-state index in [4.69, 9.17) is 4.98 Å². The van der Waals surface area contributed by atoms with Crippen LogP contribution in [0.15, 0.2) is 21.5 Å². The lowest BCUT2D eigenvalue weighted by molar-refractivity contribution is -0.115. The highest BCUT2D eigenvalue weighted by atomic mass is 32.2. The predicted octanol–water partition coefficient (Wildman–Crippen LogP) is 4.66. The van der Waals surface area contributed by atoms with E-state index in [1.165, 1.54) is 40.0 Å². The molecule has 0 aliphatic heterocycles. The first-order chi connectivity index (χ1) is 14.6. The van der Waals surface area contributed by atoms with Crippen LogP contribution >= 0.6 is 34.4 Å². The fourth-order valence-corrected chi connectivity index (χ4v) is 7.40. The molecular formula is C21H24N4O2S3. The van der Waals surface area contributed by atoms with Gasteiger partial charge < -0.3 is 0 Å². The first kappa shape index (κ1) is 20.2. The third-order valence-corrected chi connectivity index (χ3v) is 9.05. The van der Waals surface area contributed by atoms with Crippen molar-refractivity contribution in [2.75, 3.05) is 17.7 Å². The first-order valence-corrected chi connectivity index (χ1v) is 13.2. The summed E-state index contributed by atoms with van der Waals surface area (Å²) < 4.78 is 1.91. The van der Waals surface area contributed by atoms with Crippen molar-refractivity contribution >= 4 is 55.7 Å². The van der Waals surface area contributed by atoms with Crippen LogP contribution in [0.1, 0.15) is 55.0 Å². The number of carbonyl (C=O) groups is 1. The number of anilines is 1. The van der Waals surface area contributed by atoms with Gasteiger partial charge in [0.2, 0.25) is 5.91 Å². The minimum absolute atomic E-state index is 0.0345. The van der Waals surface area contributed by atoms with E-state index < -0.39 is 0 Å². The highest BCUT2D eigenvalue weighted by molar-refractivity contribution is 7.99. The van der Waals surface area contributed by atoms with Gasteiger partial charge in [0.25, 0.3) is 5.56 Å². The smallest absolute Gasteiger partial charge is 0.263 e. The summed E-state index contributed by atoms with van der Waals surface area (Å²) >= 11 is 4.50. The van der Waals surface area contributed by atoms with Crippen molar-refractivity contribution in [3.63, 3.8) is 0 Å². The number of nitrogens with zero attached hydrogens (tertiary/aromatic N) is 4. The summed E-state index contributed by atoms with van der Waals surface area (Å²) in [5.41, 5.74) is 1.34. The third-order valence-electron chi connectivity index (χ3n) is 6.08. The SMILES string of the molecule is CN(C(=O)CSc1nc2sc3c(c2c(=O)n1C1CCCC1)CCCC3)c1nccs1. The molecule has 0 unspecified atom stereocenters. The van der Waals surface area contributed by atoms with E-state index in [-0.39, 0.29) is 23.3 Å². The van der Waals surface area contributed by atoms with E-state index >= 15 is 0 Å². The van der Waals surface area contributed by atoms with Gasteiger partial charge in [-0.3, -0.25) is 19.1 Å². The van der Waals surface area contributed by atoms with Crippen LogP contribution in [0, 0.1) is 0 Å². The highest BCUT2D eigenvalue weighted by Gasteiger charge is 2.27. The molecule has 158 valence electrons. The number of hydrogen-bond acceptors (Lipinski definition) is 7. The largest absolute Gasteiger partial charge is 0.291 e. The van der Waals surface area contributed by atoms with Crippen molar-refractivity contribution < 1.29 is 4.79 Å². The van der Waals surface area contributed by atoms with E-state index in [1.54, 1.807) is 29.5 Å². The molecule has 3 aromatic rings. The number of hydrogen-bond donors (Lipinski definition) is 0. The van der Waals surface area contributed by atoms with Gasteiger partial charge in [-0.1, -0.05) is 24.6 Å². The Morgan fingerprint density at radius 2 is 2.07 bits per heavy atom. The average molecular weight is 461 g/mol. The quantitative estimate of drug-likeness (QED) is 0.409. The summed E-state index contributed by atoms with van der Waals surface area (Å²) in [4.78, 5) is 39.3. The summed E-state index contributed by atoms with van der Waals surface area (Å²) in [6.07, 6.45) is 10.4. The maximum Gasteiger partial charge on any atom is 0.263 e. The number of aryl methyl sites for hydroxylation is 2. The van der Waals surface area contributed by atoms with Crippen LogP contribution in [0.3, 0.4) is 0 Å². The number of rotatable bonds is 5. The summed E-state index contributed by atoms with van der Waals surface area (Å²) in [7, 11) is 1.75. The summed E-state index contributed by atoms with van der Waals surface area (Å²) in [5, 5.41) is 4.08. The molecule has 0 spiro atoms. The van der Waals surface area contributed by atoms with E-state index in [0.29, 0.717) is 10.3 Å². The van der Waals surface area contributed by atoms with E-state index in [9.17, 15) is 9.59 Å². The molecule has 1 amide bonds. The normalized spacial score (nSPS) is 16.8. The molecule has 0 saturated heterocycles. The van der Waals surface area contributed by atoms with Crippen molar-refractivity contribution in [2.24, 2.45) is 0 Å². The predicted molar refractivity (Wildman–Crippen MR) is 124 cm³/mol. The van der Waals surface area contributed by atoms with Crippen LogP contribution in [-0.4, -0.2) is 33.2 Å². The van der Waals surface area contributed by atoms with Gasteiger partial charge in [0.05, 0.1) is 11.1 Å². The minimum Gasteiger partial charge on any atom is -0.291 e. The van der Waals surface area contributed by atoms with Crippen LogP contribution in [0.25, 0.3) is 10.2 Å². The third kappa shape index (κ3) is 3.61. The van der Waals surface area contributed by atoms with Gasteiger partial charge in [-0.25, -0.2) is 9.97 Å². The molecule has 1 fully saturated rings. The maximum atomic E-state index is 13.6. The van der Waals surface area contributed by atoms with Crippen LogP contribution in [0.2, 0.25) is 0 Å². The maximum absolute atomic E-state index is 13.6. The Labute approximate surface area is 187 Å². The zero-order valence-electron chi connectivity index (χ0n) is 16.9. The van der Waals surface area contributed by atoms with Crippen molar-refractivity contribution in [3.05, 3.63) is 32.4 Å². The number of amides is 1. The molecule has 9 heteroatoms. The van der Waals surface area contributed by atoms with Gasteiger partial charge in [0.1, 0.15) is 4.83 Å². The summed E-state index contributed by atoms with van der Waals surface area (Å²) in [6, 6.07) is 0.197. The molecule has 0 bridgehead atoms. The summed E-state index contributed by atoms with van der Waals surface area (Å²) in [5.74, 6) is 0.207. The van der Waals surface area contributed by atoms with Crippen LogP contribution in [-0.2, 0) is 17.6 Å². The number of thioether (sulfide) groups is 1. The minimum atomic E-state index is -0.0345. The van der Waals surface area contributed by atoms with Crippen molar-refractivity contribution in [2.45, 2.75) is 62.6 Å². The van der Waals surface area contributed by atoms with Gasteiger partial charge in [0.15, 0.2) is 10.3 Å². The van der Waals surface area contributed by atoms with Gasteiger partial charge in [0, 0.05) is 29.5 Å². The molecular weight excluding hydrogens is 436 g/mol. The van der Waals surface area contributed by atoms with Crippen molar-refractivity contribution in [3.8, 4) is 0 Å². The van der Waals surface area contributed by atoms with Crippen LogP contribution < -0.4 is 10.5 Å². The number of fused-ring (bicyclic) bond motifs is 3. The summed E-state index contributed by atoms with van der Waals surface area (Å²) in [6.45, 7) is 0. The lowest BCUT2D eigenvalue weighted by Crippen LogP contribution is -2.30. The van der Waals surface area contributed by atoms with E-state index in [0.717, 1.165) is 55.2 Å². The molecule has 0 radical (unpaired) electrons. The second-order valence-electron chi connectivity index (χ2n) is 7.95. The lowest BCUT2D eigenvalue weighted by Gasteiger charge is -2.19. The van der Waals surface area contributed by atoms with E-state index in [1.807, 2.05) is 9.95 Å². The fourth-order valence-electron chi connectivity index (χ4n) is 4.50. The number of aromatic nitrogens is 3. The Balaban J connectivity index is 1.51. The van der Waals surface area contributed by atoms with E-state index in [2.05, 4.69) is 4.98 Å². The second kappa shape index (κ2) is 8.43. The fraction of sp³-hybridized carbons (Fsp3) is 0.524. The zero-order valence-corrected chi connectivity index (χ0v) is 19.4.